The maximum atomic E-state index is 6.16. The van der Waals surface area contributed by atoms with Crippen LogP contribution in [0.5, 0.6) is 17.2 Å². The fourth-order valence-corrected chi connectivity index (χ4v) is 2.19. The molecule has 1 aliphatic rings. The molecule has 0 radical (unpaired) electrons. The molecule has 0 saturated heterocycles. The second-order valence-corrected chi connectivity index (χ2v) is 5.10. The highest BCUT2D eigenvalue weighted by molar-refractivity contribution is 5.66. The van der Waals surface area contributed by atoms with Gasteiger partial charge in [-0.1, -0.05) is 0 Å². The molecular weight excluding hydrogens is 244 g/mol. The predicted molar refractivity (Wildman–Crippen MR) is 75.5 cm³/mol. The van der Waals surface area contributed by atoms with E-state index >= 15 is 0 Å². The predicted octanol–water partition coefficient (Wildman–Crippen LogP) is 1.64. The molecule has 1 aromatic carbocycles. The van der Waals surface area contributed by atoms with E-state index in [4.69, 9.17) is 19.9 Å². The Labute approximate surface area is 114 Å². The number of hydrogen-bond donors (Lipinski definition) is 1. The third-order valence-electron chi connectivity index (χ3n) is 3.54. The van der Waals surface area contributed by atoms with Gasteiger partial charge in [-0.3, -0.25) is 0 Å². The minimum atomic E-state index is -0.0487. The minimum Gasteiger partial charge on any atom is -0.494 e. The van der Waals surface area contributed by atoms with Crippen molar-refractivity contribution in [3.05, 3.63) is 12.1 Å². The third-order valence-corrected chi connectivity index (χ3v) is 3.54. The Bertz CT molecular complexity index is 458. The number of nitrogens with zero attached hydrogens (tertiary/aromatic N) is 1. The number of nitrogens with two attached hydrogens (primary N) is 1. The smallest absolute Gasteiger partial charge is 0.164 e. The van der Waals surface area contributed by atoms with Crippen LogP contribution in [-0.4, -0.2) is 40.5 Å². The average Bonchev–Trinajstić information content (AvgIpc) is 3.14. The van der Waals surface area contributed by atoms with Gasteiger partial charge in [0.2, 0.25) is 0 Å². The van der Waals surface area contributed by atoms with E-state index in [1.54, 1.807) is 21.3 Å². The Morgan fingerprint density at radius 2 is 1.58 bits per heavy atom. The van der Waals surface area contributed by atoms with Crippen molar-refractivity contribution in [1.82, 2.24) is 0 Å². The van der Waals surface area contributed by atoms with Crippen molar-refractivity contribution < 1.29 is 14.2 Å². The molecule has 5 nitrogen and oxygen atoms in total. The van der Waals surface area contributed by atoms with Crippen LogP contribution in [0.2, 0.25) is 0 Å². The van der Waals surface area contributed by atoms with E-state index in [2.05, 4.69) is 4.90 Å². The number of likely N-dealkylation sites (N-methyl/N-ethyl adjacent to an activating group) is 1. The first-order valence-corrected chi connectivity index (χ1v) is 6.33. The number of ether oxygens (including phenoxy) is 3. The summed E-state index contributed by atoms with van der Waals surface area (Å²) in [5.74, 6) is 2.10. The molecule has 0 amide bonds. The lowest BCUT2D eigenvalue weighted by atomic mass is 10.2. The summed E-state index contributed by atoms with van der Waals surface area (Å²) in [7, 11) is 6.89. The van der Waals surface area contributed by atoms with Crippen molar-refractivity contribution in [3.63, 3.8) is 0 Å². The van der Waals surface area contributed by atoms with Gasteiger partial charge in [-0.2, -0.15) is 0 Å². The highest BCUT2D eigenvalue weighted by Gasteiger charge is 2.39. The monoisotopic (exact) mass is 266 g/mol. The van der Waals surface area contributed by atoms with Gasteiger partial charge in [-0.25, -0.2) is 0 Å². The van der Waals surface area contributed by atoms with Crippen LogP contribution in [0.1, 0.15) is 12.8 Å². The molecule has 0 unspecified atom stereocenters. The van der Waals surface area contributed by atoms with Crippen LogP contribution in [-0.2, 0) is 0 Å². The first-order valence-electron chi connectivity index (χ1n) is 6.33. The lowest BCUT2D eigenvalue weighted by molar-refractivity contribution is 0.349. The first kappa shape index (κ1) is 13.8. The SMILES string of the molecule is COc1cc(OC)c(N(C)CC2(N)CC2)cc1OC. The summed E-state index contributed by atoms with van der Waals surface area (Å²) in [4.78, 5) is 2.10. The topological polar surface area (TPSA) is 57.0 Å². The Morgan fingerprint density at radius 3 is 2.05 bits per heavy atom. The van der Waals surface area contributed by atoms with Crippen LogP contribution < -0.4 is 24.8 Å². The Hall–Kier alpha value is -1.62. The number of hydrogen-bond acceptors (Lipinski definition) is 5. The molecule has 0 spiro atoms. The highest BCUT2D eigenvalue weighted by Crippen LogP contribution is 2.41. The lowest BCUT2D eigenvalue weighted by Crippen LogP contribution is -2.37. The van der Waals surface area contributed by atoms with E-state index in [9.17, 15) is 0 Å². The van der Waals surface area contributed by atoms with Gasteiger partial charge in [-0.15, -0.1) is 0 Å². The van der Waals surface area contributed by atoms with Gasteiger partial charge in [0.05, 0.1) is 27.0 Å². The van der Waals surface area contributed by atoms with Crippen LogP contribution in [0.25, 0.3) is 0 Å². The molecular formula is C14H22N2O3. The van der Waals surface area contributed by atoms with Crippen molar-refractivity contribution in [2.45, 2.75) is 18.4 Å². The molecule has 106 valence electrons. The van der Waals surface area contributed by atoms with Gasteiger partial charge in [0.1, 0.15) is 5.75 Å². The molecule has 0 bridgehead atoms. The minimum absolute atomic E-state index is 0.0487. The molecule has 0 aliphatic heterocycles. The molecule has 19 heavy (non-hydrogen) atoms. The quantitative estimate of drug-likeness (QED) is 0.848. The second kappa shape index (κ2) is 5.17. The van der Waals surface area contributed by atoms with E-state index in [0.29, 0.717) is 11.5 Å². The van der Waals surface area contributed by atoms with Crippen molar-refractivity contribution in [1.29, 1.82) is 0 Å². The van der Waals surface area contributed by atoms with Crippen molar-refractivity contribution in [3.8, 4) is 17.2 Å². The molecule has 1 aromatic rings. The fourth-order valence-electron chi connectivity index (χ4n) is 2.19. The molecule has 0 atom stereocenters. The average molecular weight is 266 g/mol. The Kier molecular flexibility index (Phi) is 3.75. The first-order chi connectivity index (χ1) is 9.03. The normalized spacial score (nSPS) is 15.8. The zero-order valence-electron chi connectivity index (χ0n) is 12.0. The summed E-state index contributed by atoms with van der Waals surface area (Å²) in [6.07, 6.45) is 2.15. The van der Waals surface area contributed by atoms with Crippen molar-refractivity contribution >= 4 is 5.69 Å². The van der Waals surface area contributed by atoms with Gasteiger partial charge in [0.25, 0.3) is 0 Å². The highest BCUT2D eigenvalue weighted by atomic mass is 16.5. The maximum Gasteiger partial charge on any atom is 0.164 e. The van der Waals surface area contributed by atoms with Gasteiger partial charge in [-0.05, 0) is 12.8 Å². The molecule has 2 N–H and O–H groups in total. The number of rotatable bonds is 6. The van der Waals surface area contributed by atoms with Crippen LogP contribution in [0, 0.1) is 0 Å². The van der Waals surface area contributed by atoms with Crippen molar-refractivity contribution in [2.24, 2.45) is 5.73 Å². The molecule has 1 fully saturated rings. The van der Waals surface area contributed by atoms with Crippen LogP contribution in [0.4, 0.5) is 5.69 Å². The standard InChI is InChI=1S/C14H22N2O3/c1-16(9-14(15)5-6-14)10-7-12(18-3)13(19-4)8-11(10)17-2/h7-8H,5-6,9,15H2,1-4H3. The summed E-state index contributed by atoms with van der Waals surface area (Å²) in [6, 6.07) is 3.75. The van der Waals surface area contributed by atoms with E-state index in [-0.39, 0.29) is 5.54 Å². The third kappa shape index (κ3) is 2.87. The van der Waals surface area contributed by atoms with Gasteiger partial charge in [0, 0.05) is 31.3 Å². The van der Waals surface area contributed by atoms with E-state index in [1.165, 1.54) is 0 Å². The van der Waals surface area contributed by atoms with Gasteiger partial charge < -0.3 is 24.8 Å². The van der Waals surface area contributed by atoms with E-state index in [1.807, 2.05) is 19.2 Å². The zero-order valence-corrected chi connectivity index (χ0v) is 12.0. The van der Waals surface area contributed by atoms with E-state index in [0.717, 1.165) is 30.8 Å². The van der Waals surface area contributed by atoms with Crippen LogP contribution >= 0.6 is 0 Å². The molecule has 0 heterocycles. The van der Waals surface area contributed by atoms with E-state index < -0.39 is 0 Å². The summed E-state index contributed by atoms with van der Waals surface area (Å²) in [6.45, 7) is 0.804. The number of benzene rings is 1. The second-order valence-electron chi connectivity index (χ2n) is 5.10. The van der Waals surface area contributed by atoms with Crippen LogP contribution in [0.15, 0.2) is 12.1 Å². The zero-order chi connectivity index (χ0) is 14.0. The Morgan fingerprint density at radius 1 is 1.05 bits per heavy atom. The lowest BCUT2D eigenvalue weighted by Gasteiger charge is -2.26. The summed E-state index contributed by atoms with van der Waals surface area (Å²) >= 11 is 0. The van der Waals surface area contributed by atoms with Crippen LogP contribution in [0.3, 0.4) is 0 Å². The fraction of sp³-hybridized carbons (Fsp3) is 0.571. The van der Waals surface area contributed by atoms with Gasteiger partial charge in [0.15, 0.2) is 11.5 Å². The molecule has 1 aliphatic carbocycles. The summed E-state index contributed by atoms with van der Waals surface area (Å²) in [5, 5.41) is 0. The summed E-state index contributed by atoms with van der Waals surface area (Å²) < 4.78 is 16.0. The molecule has 5 heteroatoms. The molecule has 2 rings (SSSR count). The molecule has 1 saturated carbocycles. The Balaban J connectivity index is 2.31. The largest absolute Gasteiger partial charge is 0.494 e. The number of anilines is 1. The number of methoxy groups -OCH3 is 3. The van der Waals surface area contributed by atoms with Gasteiger partial charge >= 0.3 is 0 Å². The molecule has 0 aromatic heterocycles. The summed E-state index contributed by atoms with van der Waals surface area (Å²) in [5.41, 5.74) is 7.07. The maximum absolute atomic E-state index is 6.16. The van der Waals surface area contributed by atoms with Crippen molar-refractivity contribution in [2.75, 3.05) is 39.8 Å².